The molecule has 1 aromatic carbocycles. The summed E-state index contributed by atoms with van der Waals surface area (Å²) in [6.45, 7) is 5.89. The van der Waals surface area contributed by atoms with Crippen molar-refractivity contribution in [2.45, 2.75) is 25.8 Å². The predicted octanol–water partition coefficient (Wildman–Crippen LogP) is 3.46. The molecule has 0 saturated carbocycles. The number of hydrogen-bond donors (Lipinski definition) is 1. The molecule has 2 heteroatoms. The fourth-order valence-electron chi connectivity index (χ4n) is 1.44. The summed E-state index contributed by atoms with van der Waals surface area (Å²) in [5, 5.41) is 3.42. The zero-order chi connectivity index (χ0) is 11.1. The second-order valence-corrected chi connectivity index (χ2v) is 3.64. The van der Waals surface area contributed by atoms with Gasteiger partial charge in [-0.15, -0.1) is 6.58 Å². The van der Waals surface area contributed by atoms with Gasteiger partial charge in [0.15, 0.2) is 0 Å². The van der Waals surface area contributed by atoms with Crippen LogP contribution in [-0.4, -0.2) is 13.2 Å². The summed E-state index contributed by atoms with van der Waals surface area (Å²) in [5.41, 5.74) is 1.10. The second-order valence-electron chi connectivity index (χ2n) is 3.64. The number of methoxy groups -OCH3 is 1. The Morgan fingerprint density at radius 2 is 2.33 bits per heavy atom. The lowest BCUT2D eigenvalue weighted by Crippen LogP contribution is -2.14. The SMILES string of the molecule is C=CCC[C@H](C)Nc1cccc(OC)c1. The van der Waals surface area contributed by atoms with E-state index in [1.807, 2.05) is 30.3 Å². The van der Waals surface area contributed by atoms with E-state index in [1.165, 1.54) is 0 Å². The van der Waals surface area contributed by atoms with Crippen LogP contribution in [0, 0.1) is 0 Å². The molecule has 1 N–H and O–H groups in total. The third-order valence-electron chi connectivity index (χ3n) is 2.29. The molecule has 82 valence electrons. The first-order valence-electron chi connectivity index (χ1n) is 5.27. The summed E-state index contributed by atoms with van der Waals surface area (Å²) in [5.74, 6) is 0.885. The lowest BCUT2D eigenvalue weighted by molar-refractivity contribution is 0.415. The molecule has 15 heavy (non-hydrogen) atoms. The van der Waals surface area contributed by atoms with E-state index in [4.69, 9.17) is 4.74 Å². The minimum atomic E-state index is 0.454. The maximum atomic E-state index is 5.16. The van der Waals surface area contributed by atoms with Crippen LogP contribution >= 0.6 is 0 Å². The Morgan fingerprint density at radius 1 is 1.53 bits per heavy atom. The Morgan fingerprint density at radius 3 is 3.00 bits per heavy atom. The number of nitrogens with one attached hydrogen (secondary N) is 1. The van der Waals surface area contributed by atoms with E-state index in [0.717, 1.165) is 24.3 Å². The van der Waals surface area contributed by atoms with Crippen molar-refractivity contribution in [2.75, 3.05) is 12.4 Å². The molecule has 0 spiro atoms. The molecule has 0 aliphatic heterocycles. The Balaban J connectivity index is 2.51. The first kappa shape index (κ1) is 11.6. The highest BCUT2D eigenvalue weighted by atomic mass is 16.5. The van der Waals surface area contributed by atoms with Crippen LogP contribution in [-0.2, 0) is 0 Å². The van der Waals surface area contributed by atoms with Crippen LogP contribution in [0.3, 0.4) is 0 Å². The first-order chi connectivity index (χ1) is 7.26. The van der Waals surface area contributed by atoms with Crippen molar-refractivity contribution in [3.8, 4) is 5.75 Å². The van der Waals surface area contributed by atoms with E-state index in [2.05, 4.69) is 18.8 Å². The summed E-state index contributed by atoms with van der Waals surface area (Å²) >= 11 is 0. The van der Waals surface area contributed by atoms with Crippen LogP contribution in [0.25, 0.3) is 0 Å². The van der Waals surface area contributed by atoms with Gasteiger partial charge in [-0.05, 0) is 31.9 Å². The largest absolute Gasteiger partial charge is 0.497 e. The highest BCUT2D eigenvalue weighted by Gasteiger charge is 2.01. The Bertz CT molecular complexity index is 309. The molecule has 0 aliphatic carbocycles. The maximum Gasteiger partial charge on any atom is 0.120 e. The van der Waals surface area contributed by atoms with E-state index in [1.54, 1.807) is 7.11 Å². The maximum absolute atomic E-state index is 5.16. The standard InChI is InChI=1S/C13H19NO/c1-4-5-7-11(2)14-12-8-6-9-13(10-12)15-3/h4,6,8-11,14H,1,5,7H2,2-3H3/t11-/m0/s1. The fourth-order valence-corrected chi connectivity index (χ4v) is 1.44. The van der Waals surface area contributed by atoms with Crippen LogP contribution in [0.2, 0.25) is 0 Å². The Labute approximate surface area is 92.0 Å². The molecule has 0 heterocycles. The molecular weight excluding hydrogens is 186 g/mol. The lowest BCUT2D eigenvalue weighted by atomic mass is 10.1. The van der Waals surface area contributed by atoms with Gasteiger partial charge >= 0.3 is 0 Å². The molecule has 1 rings (SSSR count). The van der Waals surface area contributed by atoms with Gasteiger partial charge in [0, 0.05) is 17.8 Å². The topological polar surface area (TPSA) is 21.3 Å². The van der Waals surface area contributed by atoms with Crippen LogP contribution in [0.5, 0.6) is 5.75 Å². The quantitative estimate of drug-likeness (QED) is 0.718. The van der Waals surface area contributed by atoms with Crippen molar-refractivity contribution >= 4 is 5.69 Å². The second kappa shape index (κ2) is 6.12. The number of ether oxygens (including phenoxy) is 1. The van der Waals surface area contributed by atoms with Gasteiger partial charge in [-0.3, -0.25) is 0 Å². The van der Waals surface area contributed by atoms with E-state index in [-0.39, 0.29) is 0 Å². The zero-order valence-electron chi connectivity index (χ0n) is 9.49. The molecule has 1 aromatic rings. The van der Waals surface area contributed by atoms with E-state index < -0.39 is 0 Å². The third kappa shape index (κ3) is 4.07. The smallest absolute Gasteiger partial charge is 0.120 e. The summed E-state index contributed by atoms with van der Waals surface area (Å²) in [6.07, 6.45) is 4.09. The summed E-state index contributed by atoms with van der Waals surface area (Å²) in [6, 6.07) is 8.44. The van der Waals surface area contributed by atoms with Crippen LogP contribution in [0.15, 0.2) is 36.9 Å². The van der Waals surface area contributed by atoms with Gasteiger partial charge in [-0.1, -0.05) is 12.1 Å². The normalized spacial score (nSPS) is 11.9. The number of rotatable bonds is 6. The highest BCUT2D eigenvalue weighted by molar-refractivity contribution is 5.48. The zero-order valence-corrected chi connectivity index (χ0v) is 9.49. The molecule has 1 atom stereocenters. The van der Waals surface area contributed by atoms with Crippen molar-refractivity contribution in [1.82, 2.24) is 0 Å². The lowest BCUT2D eigenvalue weighted by Gasteiger charge is -2.14. The minimum absolute atomic E-state index is 0.454. The Hall–Kier alpha value is -1.44. The van der Waals surface area contributed by atoms with Gasteiger partial charge in [0.25, 0.3) is 0 Å². The fraction of sp³-hybridized carbons (Fsp3) is 0.385. The molecule has 0 fully saturated rings. The summed E-state index contributed by atoms with van der Waals surface area (Å²) < 4.78 is 5.16. The van der Waals surface area contributed by atoms with Crippen LogP contribution < -0.4 is 10.1 Å². The van der Waals surface area contributed by atoms with Gasteiger partial charge in [-0.2, -0.15) is 0 Å². The summed E-state index contributed by atoms with van der Waals surface area (Å²) in [4.78, 5) is 0. The van der Waals surface area contributed by atoms with Gasteiger partial charge in [0.2, 0.25) is 0 Å². The van der Waals surface area contributed by atoms with E-state index in [9.17, 15) is 0 Å². The minimum Gasteiger partial charge on any atom is -0.497 e. The first-order valence-corrected chi connectivity index (χ1v) is 5.27. The molecule has 0 radical (unpaired) electrons. The number of benzene rings is 1. The highest BCUT2D eigenvalue weighted by Crippen LogP contribution is 2.18. The van der Waals surface area contributed by atoms with Gasteiger partial charge in [0.1, 0.15) is 5.75 Å². The summed E-state index contributed by atoms with van der Waals surface area (Å²) in [7, 11) is 1.68. The molecular formula is C13H19NO. The molecule has 0 unspecified atom stereocenters. The Kier molecular flexibility index (Phi) is 4.75. The molecule has 2 nitrogen and oxygen atoms in total. The number of hydrogen-bond acceptors (Lipinski definition) is 2. The average molecular weight is 205 g/mol. The van der Waals surface area contributed by atoms with Crippen molar-refractivity contribution < 1.29 is 4.74 Å². The molecule has 0 saturated heterocycles. The molecule has 0 bridgehead atoms. The molecule has 0 aromatic heterocycles. The molecule has 0 aliphatic rings. The van der Waals surface area contributed by atoms with Crippen LogP contribution in [0.1, 0.15) is 19.8 Å². The number of allylic oxidation sites excluding steroid dienone is 1. The molecule has 0 amide bonds. The van der Waals surface area contributed by atoms with E-state index in [0.29, 0.717) is 6.04 Å². The van der Waals surface area contributed by atoms with Crippen molar-refractivity contribution in [3.63, 3.8) is 0 Å². The monoisotopic (exact) mass is 205 g/mol. The van der Waals surface area contributed by atoms with Crippen LogP contribution in [0.4, 0.5) is 5.69 Å². The predicted molar refractivity (Wildman–Crippen MR) is 65.5 cm³/mol. The number of anilines is 1. The average Bonchev–Trinajstić information content (AvgIpc) is 2.26. The van der Waals surface area contributed by atoms with Gasteiger partial charge in [-0.25, -0.2) is 0 Å². The van der Waals surface area contributed by atoms with Crippen molar-refractivity contribution in [3.05, 3.63) is 36.9 Å². The van der Waals surface area contributed by atoms with Gasteiger partial charge in [0.05, 0.1) is 7.11 Å². The van der Waals surface area contributed by atoms with Gasteiger partial charge < -0.3 is 10.1 Å². The third-order valence-corrected chi connectivity index (χ3v) is 2.29. The van der Waals surface area contributed by atoms with Crippen molar-refractivity contribution in [1.29, 1.82) is 0 Å². The van der Waals surface area contributed by atoms with E-state index >= 15 is 0 Å². The van der Waals surface area contributed by atoms with Crippen molar-refractivity contribution in [2.24, 2.45) is 0 Å².